The summed E-state index contributed by atoms with van der Waals surface area (Å²) in [6.07, 6.45) is 2.14. The highest BCUT2D eigenvalue weighted by Gasteiger charge is 2.20. The fourth-order valence-corrected chi connectivity index (χ4v) is 3.05. The smallest absolute Gasteiger partial charge is 0.137 e. The van der Waals surface area contributed by atoms with Crippen molar-refractivity contribution in [3.8, 4) is 0 Å². The zero-order valence-corrected chi connectivity index (χ0v) is 13.0. The Kier molecular flexibility index (Phi) is 3.93. The molecule has 0 spiro atoms. The van der Waals surface area contributed by atoms with Gasteiger partial charge in [-0.3, -0.25) is 0 Å². The molecule has 1 atom stereocenters. The van der Waals surface area contributed by atoms with Gasteiger partial charge in [0, 0.05) is 12.1 Å². The molecule has 0 N–H and O–H groups in total. The Labute approximate surface area is 126 Å². The maximum absolute atomic E-state index is 5.65. The lowest BCUT2D eigenvalue weighted by Gasteiger charge is -2.15. The average molecular weight is 282 g/mol. The Balaban J connectivity index is 1.85. The van der Waals surface area contributed by atoms with Crippen LogP contribution in [-0.4, -0.2) is 37.4 Å². The normalized spacial score (nSPS) is 17.4. The van der Waals surface area contributed by atoms with Crippen molar-refractivity contribution in [2.75, 3.05) is 20.6 Å². The van der Waals surface area contributed by atoms with Crippen molar-refractivity contribution in [1.29, 1.82) is 0 Å². The summed E-state index contributed by atoms with van der Waals surface area (Å²) in [5.41, 5.74) is 3.75. The lowest BCUT2D eigenvalue weighted by Crippen LogP contribution is -2.24. The largest absolute Gasteiger partial charge is 0.391 e. The van der Waals surface area contributed by atoms with E-state index in [0.717, 1.165) is 25.1 Å². The van der Waals surface area contributed by atoms with Crippen LogP contribution in [0.3, 0.4) is 0 Å². The predicted octanol–water partition coefficient (Wildman–Crippen LogP) is 3.46. The van der Waals surface area contributed by atoms with Crippen LogP contribution >= 0.6 is 0 Å². The Morgan fingerprint density at radius 3 is 2.76 bits per heavy atom. The monoisotopic (exact) mass is 282 g/mol. The second-order valence-corrected chi connectivity index (χ2v) is 6.03. The fraction of sp³-hybridized carbons (Fsp3) is 0.389. The molecule has 1 aliphatic carbocycles. The summed E-state index contributed by atoms with van der Waals surface area (Å²) in [6, 6.07) is 12.9. The van der Waals surface area contributed by atoms with Crippen LogP contribution in [0.5, 0.6) is 0 Å². The molecule has 0 saturated heterocycles. The molecule has 3 heteroatoms. The summed E-state index contributed by atoms with van der Waals surface area (Å²) < 4.78 is 0. The summed E-state index contributed by atoms with van der Waals surface area (Å²) in [7, 11) is 4.09. The van der Waals surface area contributed by atoms with Crippen LogP contribution in [-0.2, 0) is 11.3 Å². The van der Waals surface area contributed by atoms with Gasteiger partial charge in [-0.25, -0.2) is 0 Å². The topological polar surface area (TPSA) is 24.8 Å². The van der Waals surface area contributed by atoms with Crippen LogP contribution in [0, 0.1) is 0 Å². The first-order valence-corrected chi connectivity index (χ1v) is 7.53. The molecule has 2 aromatic rings. The molecular weight excluding hydrogens is 260 g/mol. The summed E-state index contributed by atoms with van der Waals surface area (Å²) in [5, 5.41) is 7.07. The molecule has 3 rings (SSSR count). The van der Waals surface area contributed by atoms with Gasteiger partial charge in [0.2, 0.25) is 0 Å². The van der Waals surface area contributed by atoms with Crippen molar-refractivity contribution in [2.45, 2.75) is 25.9 Å². The molecule has 0 aromatic heterocycles. The summed E-state index contributed by atoms with van der Waals surface area (Å²) in [5.74, 6) is 0. The Hall–Kier alpha value is -1.87. The van der Waals surface area contributed by atoms with Crippen LogP contribution in [0.4, 0.5) is 0 Å². The van der Waals surface area contributed by atoms with E-state index in [0.29, 0.717) is 0 Å². The standard InChI is InChI=1S/C18H22N2O/c1-13(12-20(2)3)21-19-18-11-10-16-15-7-5-4-6-14(15)8-9-17(16)18/h4-9,13H,10-12H2,1-3H3/b19-18+. The zero-order valence-electron chi connectivity index (χ0n) is 13.0. The van der Waals surface area contributed by atoms with Gasteiger partial charge < -0.3 is 9.74 Å². The SMILES string of the molecule is CC(CN(C)C)O/N=C1\CCc2c1ccc1ccccc21. The maximum atomic E-state index is 5.65. The fourth-order valence-electron chi connectivity index (χ4n) is 3.05. The van der Waals surface area contributed by atoms with E-state index in [4.69, 9.17) is 4.84 Å². The van der Waals surface area contributed by atoms with Crippen LogP contribution in [0.15, 0.2) is 41.6 Å². The van der Waals surface area contributed by atoms with Gasteiger partial charge in [0.1, 0.15) is 6.10 Å². The van der Waals surface area contributed by atoms with E-state index in [1.807, 2.05) is 14.1 Å². The van der Waals surface area contributed by atoms with Gasteiger partial charge in [-0.2, -0.15) is 0 Å². The number of hydrogen-bond acceptors (Lipinski definition) is 3. The number of oxime groups is 1. The van der Waals surface area contributed by atoms with Gasteiger partial charge in [0.05, 0.1) is 5.71 Å². The van der Waals surface area contributed by atoms with Crippen LogP contribution in [0.25, 0.3) is 10.8 Å². The van der Waals surface area contributed by atoms with E-state index in [1.54, 1.807) is 0 Å². The van der Waals surface area contributed by atoms with Crippen molar-refractivity contribution >= 4 is 16.5 Å². The molecule has 2 aromatic carbocycles. The number of benzene rings is 2. The van der Waals surface area contributed by atoms with Crippen molar-refractivity contribution < 1.29 is 4.84 Å². The van der Waals surface area contributed by atoms with Crippen LogP contribution in [0.1, 0.15) is 24.5 Å². The number of nitrogens with zero attached hydrogens (tertiary/aromatic N) is 2. The van der Waals surface area contributed by atoms with Gasteiger partial charge in [0.15, 0.2) is 0 Å². The zero-order chi connectivity index (χ0) is 14.8. The summed E-state index contributed by atoms with van der Waals surface area (Å²) in [6.45, 7) is 2.93. The molecule has 0 fully saturated rings. The highest BCUT2D eigenvalue weighted by atomic mass is 16.6. The minimum absolute atomic E-state index is 0.108. The lowest BCUT2D eigenvalue weighted by molar-refractivity contribution is 0.0533. The first-order valence-electron chi connectivity index (χ1n) is 7.53. The molecule has 0 bridgehead atoms. The first-order chi connectivity index (χ1) is 10.1. The number of likely N-dealkylation sites (N-methyl/N-ethyl adjacent to an activating group) is 1. The van der Waals surface area contributed by atoms with E-state index < -0.39 is 0 Å². The average Bonchev–Trinajstić information content (AvgIpc) is 2.88. The van der Waals surface area contributed by atoms with Crippen molar-refractivity contribution in [3.05, 3.63) is 47.5 Å². The second kappa shape index (κ2) is 5.86. The van der Waals surface area contributed by atoms with E-state index in [9.17, 15) is 0 Å². The van der Waals surface area contributed by atoms with Gasteiger partial charge in [-0.15, -0.1) is 0 Å². The minimum atomic E-state index is 0.108. The van der Waals surface area contributed by atoms with Crippen LogP contribution in [0.2, 0.25) is 0 Å². The van der Waals surface area contributed by atoms with Crippen molar-refractivity contribution in [2.24, 2.45) is 5.16 Å². The molecule has 0 saturated carbocycles. The van der Waals surface area contributed by atoms with E-state index >= 15 is 0 Å². The van der Waals surface area contributed by atoms with E-state index in [1.165, 1.54) is 21.9 Å². The van der Waals surface area contributed by atoms with Gasteiger partial charge in [-0.1, -0.05) is 41.6 Å². The summed E-state index contributed by atoms with van der Waals surface area (Å²) >= 11 is 0. The van der Waals surface area contributed by atoms with Gasteiger partial charge >= 0.3 is 0 Å². The highest BCUT2D eigenvalue weighted by Crippen LogP contribution is 2.30. The number of aryl methyl sites for hydroxylation is 1. The number of fused-ring (bicyclic) bond motifs is 3. The number of hydrogen-bond donors (Lipinski definition) is 0. The molecule has 0 heterocycles. The lowest BCUT2D eigenvalue weighted by atomic mass is 10.0. The van der Waals surface area contributed by atoms with Crippen molar-refractivity contribution in [1.82, 2.24) is 4.90 Å². The van der Waals surface area contributed by atoms with Crippen molar-refractivity contribution in [3.63, 3.8) is 0 Å². The molecular formula is C18H22N2O. The predicted molar refractivity (Wildman–Crippen MR) is 87.9 cm³/mol. The highest BCUT2D eigenvalue weighted by molar-refractivity contribution is 6.08. The number of rotatable bonds is 4. The van der Waals surface area contributed by atoms with E-state index in [2.05, 4.69) is 53.4 Å². The third-order valence-corrected chi connectivity index (χ3v) is 3.93. The Bertz CT molecular complexity index is 676. The molecule has 0 aliphatic heterocycles. The Morgan fingerprint density at radius 2 is 1.95 bits per heavy atom. The quantitative estimate of drug-likeness (QED) is 0.802. The van der Waals surface area contributed by atoms with Crippen LogP contribution < -0.4 is 0 Å². The molecule has 3 nitrogen and oxygen atoms in total. The van der Waals surface area contributed by atoms with E-state index in [-0.39, 0.29) is 6.10 Å². The third-order valence-electron chi connectivity index (χ3n) is 3.93. The summed E-state index contributed by atoms with van der Waals surface area (Å²) in [4.78, 5) is 7.76. The molecule has 0 amide bonds. The maximum Gasteiger partial charge on any atom is 0.137 e. The third kappa shape index (κ3) is 2.93. The Morgan fingerprint density at radius 1 is 1.14 bits per heavy atom. The minimum Gasteiger partial charge on any atom is -0.391 e. The molecule has 0 radical (unpaired) electrons. The molecule has 1 aliphatic rings. The molecule has 21 heavy (non-hydrogen) atoms. The van der Waals surface area contributed by atoms with Gasteiger partial charge in [0.25, 0.3) is 0 Å². The first kappa shape index (κ1) is 14.1. The second-order valence-electron chi connectivity index (χ2n) is 6.03. The molecule has 110 valence electrons. The molecule has 1 unspecified atom stereocenters. The van der Waals surface area contributed by atoms with Gasteiger partial charge in [-0.05, 0) is 50.2 Å².